The highest BCUT2D eigenvalue weighted by Crippen LogP contribution is 2.15. The Kier molecular flexibility index (Phi) is 1.58. The lowest BCUT2D eigenvalue weighted by Gasteiger charge is -1.86. The highest BCUT2D eigenvalue weighted by atomic mass is 79.9. The van der Waals surface area contributed by atoms with Gasteiger partial charge in [0.25, 0.3) is 0 Å². The minimum atomic E-state index is -0.692. The number of nitrogens with one attached hydrogen (secondary N) is 2. The minimum Gasteiger partial charge on any atom is -0.358 e. The summed E-state index contributed by atoms with van der Waals surface area (Å²) in [4.78, 5) is 23.8. The number of halogens is 1. The molecule has 0 aliphatic heterocycles. The molecular weight excluding hydrogens is 206 g/mol. The van der Waals surface area contributed by atoms with E-state index in [1.807, 2.05) is 4.98 Å². The molecule has 1 aromatic heterocycles. The number of aromatic nitrogens is 2. The van der Waals surface area contributed by atoms with Crippen molar-refractivity contribution in [1.82, 2.24) is 9.97 Å². The Bertz CT molecular complexity index is 313. The van der Waals surface area contributed by atoms with Crippen LogP contribution < -0.4 is 5.69 Å². The van der Waals surface area contributed by atoms with Crippen molar-refractivity contribution in [3.63, 3.8) is 0 Å². The molecule has 0 fully saturated rings. The summed E-state index contributed by atoms with van der Waals surface area (Å²) in [5.41, 5.74) is -0.599. The van der Waals surface area contributed by atoms with Gasteiger partial charge in [-0.3, -0.25) is 4.98 Å². The fourth-order valence-corrected chi connectivity index (χ4v) is 0.902. The van der Waals surface area contributed by atoms with Crippen LogP contribution in [0.3, 0.4) is 0 Å². The lowest BCUT2D eigenvalue weighted by Crippen LogP contribution is -2.00. The topological polar surface area (TPSA) is 91.8 Å². The molecule has 10 heavy (non-hydrogen) atoms. The van der Waals surface area contributed by atoms with Gasteiger partial charge in [0.15, 0.2) is 4.60 Å². The molecule has 0 bridgehead atoms. The van der Waals surface area contributed by atoms with Gasteiger partial charge in [0.2, 0.25) is 0 Å². The highest BCUT2D eigenvalue weighted by Gasteiger charge is 2.12. The molecule has 0 radical (unpaired) electrons. The molecular formula is C3H2BrN3O3. The summed E-state index contributed by atoms with van der Waals surface area (Å²) in [6.07, 6.45) is 0. The molecule has 0 saturated heterocycles. The number of imidazole rings is 1. The van der Waals surface area contributed by atoms with Crippen molar-refractivity contribution in [3.05, 3.63) is 25.2 Å². The normalized spacial score (nSPS) is 9.70. The Hall–Kier alpha value is -1.11. The second-order valence-corrected chi connectivity index (χ2v) is 2.29. The number of hydrogen-bond donors (Lipinski definition) is 2. The van der Waals surface area contributed by atoms with E-state index in [2.05, 4.69) is 20.9 Å². The monoisotopic (exact) mass is 207 g/mol. The molecule has 0 aliphatic rings. The molecule has 0 spiro atoms. The molecule has 2 N–H and O–H groups in total. The van der Waals surface area contributed by atoms with E-state index >= 15 is 0 Å². The molecule has 1 heterocycles. The maximum absolute atomic E-state index is 10.4. The van der Waals surface area contributed by atoms with Gasteiger partial charge in [0.05, 0.1) is 0 Å². The van der Waals surface area contributed by atoms with Crippen LogP contribution in [0.25, 0.3) is 0 Å². The average molecular weight is 208 g/mol. The second kappa shape index (κ2) is 2.25. The van der Waals surface area contributed by atoms with Crippen LogP contribution in [0.4, 0.5) is 5.82 Å². The zero-order valence-electron chi connectivity index (χ0n) is 4.55. The predicted octanol–water partition coefficient (Wildman–Crippen LogP) is 0.374. The van der Waals surface area contributed by atoms with Gasteiger partial charge in [-0.05, 0) is 20.9 Å². The van der Waals surface area contributed by atoms with Crippen molar-refractivity contribution in [3.8, 4) is 0 Å². The third kappa shape index (κ3) is 1.08. The molecule has 1 rings (SSSR count). The predicted molar refractivity (Wildman–Crippen MR) is 35.8 cm³/mol. The molecule has 0 atom stereocenters. The van der Waals surface area contributed by atoms with Crippen molar-refractivity contribution < 1.29 is 4.92 Å². The summed E-state index contributed by atoms with van der Waals surface area (Å²) in [5, 5.41) is 10.0. The van der Waals surface area contributed by atoms with Gasteiger partial charge in [-0.25, -0.2) is 4.79 Å². The number of hydrogen-bond acceptors (Lipinski definition) is 3. The maximum Gasteiger partial charge on any atom is 0.411 e. The van der Waals surface area contributed by atoms with E-state index in [-0.39, 0.29) is 10.4 Å². The summed E-state index contributed by atoms with van der Waals surface area (Å²) in [7, 11) is 0. The summed E-state index contributed by atoms with van der Waals surface area (Å²) >= 11 is 2.79. The number of aromatic amines is 2. The first kappa shape index (κ1) is 7.00. The first-order valence-electron chi connectivity index (χ1n) is 2.23. The Morgan fingerprint density at radius 1 is 1.50 bits per heavy atom. The standard InChI is InChI=1S/C3H2BrN3O3/c4-1-2(7(9)10)6-3(8)5-1/h(H2,5,6,8). The molecule has 6 nitrogen and oxygen atoms in total. The van der Waals surface area contributed by atoms with E-state index in [0.29, 0.717) is 0 Å². The van der Waals surface area contributed by atoms with Crippen molar-refractivity contribution in [1.29, 1.82) is 0 Å². The smallest absolute Gasteiger partial charge is 0.358 e. The number of H-pyrrole nitrogens is 2. The highest BCUT2D eigenvalue weighted by molar-refractivity contribution is 9.10. The van der Waals surface area contributed by atoms with Crippen LogP contribution >= 0.6 is 15.9 Å². The summed E-state index contributed by atoms with van der Waals surface area (Å²) < 4.78 is 0.0579. The molecule has 1 aromatic rings. The van der Waals surface area contributed by atoms with Crippen molar-refractivity contribution >= 4 is 21.7 Å². The first-order valence-corrected chi connectivity index (χ1v) is 3.02. The van der Waals surface area contributed by atoms with Gasteiger partial charge in [0, 0.05) is 0 Å². The van der Waals surface area contributed by atoms with E-state index in [4.69, 9.17) is 0 Å². The number of nitrogens with zero attached hydrogens (tertiary/aromatic N) is 1. The molecule has 0 aromatic carbocycles. The zero-order valence-corrected chi connectivity index (χ0v) is 6.14. The largest absolute Gasteiger partial charge is 0.411 e. The van der Waals surface area contributed by atoms with E-state index in [9.17, 15) is 14.9 Å². The molecule has 54 valence electrons. The van der Waals surface area contributed by atoms with Crippen molar-refractivity contribution in [2.24, 2.45) is 0 Å². The Morgan fingerprint density at radius 2 is 2.10 bits per heavy atom. The zero-order chi connectivity index (χ0) is 7.72. The lowest BCUT2D eigenvalue weighted by molar-refractivity contribution is -0.390. The van der Waals surface area contributed by atoms with Gasteiger partial charge >= 0.3 is 11.5 Å². The van der Waals surface area contributed by atoms with Crippen LogP contribution in [0.5, 0.6) is 0 Å². The van der Waals surface area contributed by atoms with Crippen LogP contribution in [0.1, 0.15) is 0 Å². The van der Waals surface area contributed by atoms with Gasteiger partial charge in [0.1, 0.15) is 0 Å². The number of nitro groups is 1. The Morgan fingerprint density at radius 3 is 2.30 bits per heavy atom. The number of rotatable bonds is 1. The fraction of sp³-hybridized carbons (Fsp3) is 0. The van der Waals surface area contributed by atoms with E-state index in [0.717, 1.165) is 0 Å². The van der Waals surface area contributed by atoms with Crippen molar-refractivity contribution in [2.45, 2.75) is 0 Å². The van der Waals surface area contributed by atoms with Gasteiger partial charge < -0.3 is 10.1 Å². The quantitative estimate of drug-likeness (QED) is 0.515. The fourth-order valence-electron chi connectivity index (χ4n) is 0.478. The molecule has 0 aliphatic carbocycles. The van der Waals surface area contributed by atoms with Crippen LogP contribution in [-0.2, 0) is 0 Å². The first-order chi connectivity index (χ1) is 4.61. The van der Waals surface area contributed by atoms with Gasteiger partial charge in [-0.2, -0.15) is 4.98 Å². The van der Waals surface area contributed by atoms with Crippen LogP contribution in [0.15, 0.2) is 9.40 Å². The molecule has 0 amide bonds. The van der Waals surface area contributed by atoms with E-state index in [1.54, 1.807) is 0 Å². The second-order valence-electron chi connectivity index (χ2n) is 1.50. The third-order valence-corrected chi connectivity index (χ3v) is 1.42. The van der Waals surface area contributed by atoms with Gasteiger partial charge in [-0.1, -0.05) is 0 Å². The SMILES string of the molecule is O=c1[nH]c(Br)c([N+](=O)[O-])[nH]1. The van der Waals surface area contributed by atoms with Gasteiger partial charge in [-0.15, -0.1) is 0 Å². The lowest BCUT2D eigenvalue weighted by atomic mass is 10.8. The minimum absolute atomic E-state index is 0.0579. The Balaban J connectivity index is 3.28. The Labute approximate surface area is 62.5 Å². The maximum atomic E-state index is 10.4. The van der Waals surface area contributed by atoms with E-state index < -0.39 is 10.6 Å². The van der Waals surface area contributed by atoms with Crippen LogP contribution in [0.2, 0.25) is 0 Å². The summed E-state index contributed by atoms with van der Waals surface area (Å²) in [6.45, 7) is 0. The average Bonchev–Trinajstić information content (AvgIpc) is 2.10. The summed E-state index contributed by atoms with van der Waals surface area (Å²) in [6, 6.07) is 0. The van der Waals surface area contributed by atoms with Crippen LogP contribution in [-0.4, -0.2) is 14.9 Å². The molecule has 7 heteroatoms. The molecule has 0 unspecified atom stereocenters. The van der Waals surface area contributed by atoms with Crippen molar-refractivity contribution in [2.75, 3.05) is 0 Å². The molecule has 0 saturated carbocycles. The van der Waals surface area contributed by atoms with Crippen LogP contribution in [0, 0.1) is 10.1 Å². The van der Waals surface area contributed by atoms with E-state index in [1.165, 1.54) is 0 Å². The third-order valence-electron chi connectivity index (χ3n) is 0.846. The summed E-state index contributed by atoms with van der Waals surface area (Å²) in [5.74, 6) is -0.356.